The molecule has 5 heterocycles. The van der Waals surface area contributed by atoms with E-state index in [1.54, 1.807) is 29.8 Å². The van der Waals surface area contributed by atoms with Crippen LogP contribution in [0.25, 0.3) is 32.7 Å². The highest BCUT2D eigenvalue weighted by molar-refractivity contribution is 7.22. The SMILES string of the molecule is CN1CC[C@@H]2CN(c3nc4nnc(-c5ccc(-c6cn[nH]c6)cc5O)cc4s3)[C@@H]2C1. The number of benzene rings is 1. The van der Waals surface area contributed by atoms with Gasteiger partial charge < -0.3 is 14.9 Å². The Morgan fingerprint density at radius 3 is 2.93 bits per heavy atom. The van der Waals surface area contributed by atoms with E-state index in [0.29, 0.717) is 22.9 Å². The number of phenolic OH excluding ortho intramolecular Hbond substituents is 1. The van der Waals surface area contributed by atoms with Crippen LogP contribution in [-0.4, -0.2) is 68.1 Å². The van der Waals surface area contributed by atoms with E-state index in [-0.39, 0.29) is 5.75 Å². The fraction of sp³-hybridized carbons (Fsp3) is 0.333. The maximum Gasteiger partial charge on any atom is 0.194 e. The Morgan fingerprint density at radius 2 is 2.10 bits per heavy atom. The third-order valence-corrected chi connectivity index (χ3v) is 7.28. The number of piperidine rings is 1. The van der Waals surface area contributed by atoms with Crippen molar-refractivity contribution in [3.05, 3.63) is 36.7 Å². The second-order valence-electron chi connectivity index (χ2n) is 8.16. The van der Waals surface area contributed by atoms with E-state index in [1.165, 1.54) is 13.0 Å². The van der Waals surface area contributed by atoms with Crippen LogP contribution in [0.4, 0.5) is 5.13 Å². The van der Waals surface area contributed by atoms with E-state index in [0.717, 1.165) is 40.0 Å². The molecule has 0 aliphatic carbocycles. The van der Waals surface area contributed by atoms with Crippen molar-refractivity contribution in [1.29, 1.82) is 0 Å². The van der Waals surface area contributed by atoms with Gasteiger partial charge in [0.2, 0.25) is 0 Å². The molecule has 2 N–H and O–H groups in total. The number of thiazole rings is 1. The Labute approximate surface area is 177 Å². The highest BCUT2D eigenvalue weighted by atomic mass is 32.1. The molecule has 1 aromatic carbocycles. The van der Waals surface area contributed by atoms with Gasteiger partial charge in [-0.25, -0.2) is 0 Å². The first-order chi connectivity index (χ1) is 14.7. The van der Waals surface area contributed by atoms with Crippen molar-refractivity contribution >= 4 is 26.8 Å². The molecule has 2 aliphatic rings. The summed E-state index contributed by atoms with van der Waals surface area (Å²) in [5.74, 6) is 0.948. The largest absolute Gasteiger partial charge is 0.507 e. The van der Waals surface area contributed by atoms with Crippen LogP contribution in [-0.2, 0) is 0 Å². The van der Waals surface area contributed by atoms with E-state index in [4.69, 9.17) is 4.98 Å². The lowest BCUT2D eigenvalue weighted by atomic mass is 9.83. The molecule has 0 bridgehead atoms. The van der Waals surface area contributed by atoms with Crippen LogP contribution in [0.1, 0.15) is 6.42 Å². The highest BCUT2D eigenvalue weighted by Crippen LogP contribution is 2.40. The molecule has 3 aromatic heterocycles. The van der Waals surface area contributed by atoms with Crippen molar-refractivity contribution in [3.8, 4) is 28.1 Å². The number of hydrogen-bond acceptors (Lipinski definition) is 8. The van der Waals surface area contributed by atoms with Gasteiger partial charge in [0.05, 0.1) is 16.6 Å². The molecule has 0 saturated carbocycles. The van der Waals surface area contributed by atoms with E-state index < -0.39 is 0 Å². The Hall–Kier alpha value is -3.04. The molecule has 152 valence electrons. The molecule has 6 rings (SSSR count). The van der Waals surface area contributed by atoms with Crippen molar-refractivity contribution in [2.75, 3.05) is 31.6 Å². The molecule has 8 nitrogen and oxygen atoms in total. The number of likely N-dealkylation sites (N-methyl/N-ethyl adjacent to an activating group) is 1. The van der Waals surface area contributed by atoms with Crippen molar-refractivity contribution in [2.24, 2.45) is 5.92 Å². The van der Waals surface area contributed by atoms with Crippen LogP contribution in [0, 0.1) is 5.92 Å². The first kappa shape index (κ1) is 17.8. The molecule has 9 heteroatoms. The molecule has 2 aliphatic heterocycles. The van der Waals surface area contributed by atoms with Crippen LogP contribution >= 0.6 is 11.3 Å². The number of phenols is 1. The first-order valence-corrected chi connectivity index (χ1v) is 10.9. The third kappa shape index (κ3) is 2.85. The van der Waals surface area contributed by atoms with Crippen LogP contribution in [0.15, 0.2) is 36.7 Å². The van der Waals surface area contributed by atoms with Crippen LogP contribution in [0.2, 0.25) is 0 Å². The minimum atomic E-state index is 0.169. The average molecular weight is 420 g/mol. The lowest BCUT2D eigenvalue weighted by Gasteiger charge is -2.52. The van der Waals surface area contributed by atoms with Crippen LogP contribution in [0.5, 0.6) is 5.75 Å². The molecule has 4 aromatic rings. The first-order valence-electron chi connectivity index (χ1n) is 10.1. The second kappa shape index (κ2) is 6.75. The molecule has 30 heavy (non-hydrogen) atoms. The average Bonchev–Trinajstić information content (AvgIpc) is 3.39. The lowest BCUT2D eigenvalue weighted by Crippen LogP contribution is -2.63. The Balaban J connectivity index is 1.30. The van der Waals surface area contributed by atoms with Gasteiger partial charge in [-0.3, -0.25) is 5.10 Å². The van der Waals surface area contributed by atoms with Gasteiger partial charge in [0.25, 0.3) is 0 Å². The zero-order valence-corrected chi connectivity index (χ0v) is 17.3. The number of aromatic hydroxyl groups is 1. The van der Waals surface area contributed by atoms with E-state index in [1.807, 2.05) is 18.2 Å². The molecule has 2 saturated heterocycles. The number of fused-ring (bicyclic) bond motifs is 2. The minimum absolute atomic E-state index is 0.169. The number of anilines is 1. The summed E-state index contributed by atoms with van der Waals surface area (Å²) in [7, 11) is 2.19. The van der Waals surface area contributed by atoms with Crippen LogP contribution in [0.3, 0.4) is 0 Å². The summed E-state index contributed by atoms with van der Waals surface area (Å²) in [4.78, 5) is 9.54. The molecule has 0 amide bonds. The summed E-state index contributed by atoms with van der Waals surface area (Å²) in [5.41, 5.74) is 3.79. The smallest absolute Gasteiger partial charge is 0.194 e. The third-order valence-electron chi connectivity index (χ3n) is 6.25. The Bertz CT molecular complexity index is 1220. The lowest BCUT2D eigenvalue weighted by molar-refractivity contribution is 0.135. The maximum atomic E-state index is 10.6. The van der Waals surface area contributed by atoms with E-state index >= 15 is 0 Å². The Morgan fingerprint density at radius 1 is 1.17 bits per heavy atom. The standard InChI is InChI=1S/C21H21N7OS/c1-27-5-4-13-10-28(17(13)11-27)21-24-20-19(30-21)7-16(25-26-20)15-3-2-12(6-18(15)29)14-8-22-23-9-14/h2-3,6-9,13,17,29H,4-5,10-11H2,1H3,(H,22,23)/t13-,17-/m1/s1. The van der Waals surface area contributed by atoms with E-state index in [9.17, 15) is 5.11 Å². The van der Waals surface area contributed by atoms with Gasteiger partial charge >= 0.3 is 0 Å². The van der Waals surface area contributed by atoms with Crippen molar-refractivity contribution in [2.45, 2.75) is 12.5 Å². The van der Waals surface area contributed by atoms with Gasteiger partial charge in [0, 0.05) is 36.5 Å². The number of H-pyrrole nitrogens is 1. The summed E-state index contributed by atoms with van der Waals surface area (Å²) < 4.78 is 0.987. The van der Waals surface area contributed by atoms with Crippen molar-refractivity contribution < 1.29 is 5.11 Å². The number of likely N-dealkylation sites (tertiary alicyclic amines) is 1. The summed E-state index contributed by atoms with van der Waals surface area (Å²) in [6.07, 6.45) is 4.79. The van der Waals surface area contributed by atoms with Gasteiger partial charge in [0.1, 0.15) is 5.75 Å². The molecule has 0 unspecified atom stereocenters. The highest BCUT2D eigenvalue weighted by Gasteiger charge is 2.43. The number of nitrogens with one attached hydrogen (secondary N) is 1. The van der Waals surface area contributed by atoms with Gasteiger partial charge in [-0.15, -0.1) is 10.2 Å². The van der Waals surface area contributed by atoms with Crippen molar-refractivity contribution in [1.82, 2.24) is 30.3 Å². The quantitative estimate of drug-likeness (QED) is 0.527. The summed E-state index contributed by atoms with van der Waals surface area (Å²) >= 11 is 1.65. The summed E-state index contributed by atoms with van der Waals surface area (Å²) in [5, 5.41) is 27.0. The summed E-state index contributed by atoms with van der Waals surface area (Å²) in [6.45, 7) is 3.36. The van der Waals surface area contributed by atoms with E-state index in [2.05, 4.69) is 37.2 Å². The van der Waals surface area contributed by atoms with Gasteiger partial charge in [-0.2, -0.15) is 10.1 Å². The Kier molecular flexibility index (Phi) is 4.00. The molecule has 2 fully saturated rings. The number of aromatic amines is 1. The van der Waals surface area contributed by atoms with Gasteiger partial charge in [-0.05, 0) is 49.7 Å². The number of aromatic nitrogens is 5. The molecule has 0 spiro atoms. The number of hydrogen-bond donors (Lipinski definition) is 2. The maximum absolute atomic E-state index is 10.6. The van der Waals surface area contributed by atoms with Gasteiger partial charge in [-0.1, -0.05) is 17.4 Å². The second-order valence-corrected chi connectivity index (χ2v) is 9.17. The number of nitrogens with zero attached hydrogens (tertiary/aromatic N) is 6. The zero-order valence-electron chi connectivity index (χ0n) is 16.5. The molecular formula is C21H21N7OS. The van der Waals surface area contributed by atoms with Crippen molar-refractivity contribution in [3.63, 3.8) is 0 Å². The minimum Gasteiger partial charge on any atom is -0.507 e. The zero-order chi connectivity index (χ0) is 20.2. The van der Waals surface area contributed by atoms with Gasteiger partial charge in [0.15, 0.2) is 10.8 Å². The molecular weight excluding hydrogens is 398 g/mol. The normalized spacial score (nSPS) is 21.6. The monoisotopic (exact) mass is 419 g/mol. The predicted octanol–water partition coefficient (Wildman–Crippen LogP) is 2.99. The predicted molar refractivity (Wildman–Crippen MR) is 117 cm³/mol. The summed E-state index contributed by atoms with van der Waals surface area (Å²) in [6, 6.07) is 8.07. The topological polar surface area (TPSA) is 94.1 Å². The van der Waals surface area contributed by atoms with Crippen LogP contribution < -0.4 is 4.90 Å². The fourth-order valence-corrected chi connectivity index (χ4v) is 5.50. The molecule has 2 atom stereocenters. The molecule has 0 radical (unpaired) electrons. The number of rotatable bonds is 3. The fourth-order valence-electron chi connectivity index (χ4n) is 4.50.